The van der Waals surface area contributed by atoms with Gasteiger partial charge in [-0.2, -0.15) is 0 Å². The van der Waals surface area contributed by atoms with Crippen LogP contribution >= 0.6 is 0 Å². The Morgan fingerprint density at radius 2 is 1.73 bits per heavy atom. The molecule has 0 aromatic carbocycles. The molecule has 5 nitrogen and oxygen atoms in total. The van der Waals surface area contributed by atoms with Crippen LogP contribution in [0.2, 0.25) is 0 Å². The van der Waals surface area contributed by atoms with Crippen molar-refractivity contribution in [2.75, 3.05) is 13.2 Å². The molecule has 0 aromatic rings. The van der Waals surface area contributed by atoms with Crippen LogP contribution in [0.25, 0.3) is 0 Å². The lowest BCUT2D eigenvalue weighted by Crippen LogP contribution is -2.25. The summed E-state index contributed by atoms with van der Waals surface area (Å²) in [6.07, 6.45) is -1.64. The van der Waals surface area contributed by atoms with E-state index in [-0.39, 0.29) is 0 Å². The van der Waals surface area contributed by atoms with Crippen LogP contribution in [0, 0.1) is 0 Å². The third kappa shape index (κ3) is 3.82. The third-order valence-electron chi connectivity index (χ3n) is 1.09. The predicted octanol–water partition coefficient (Wildman–Crippen LogP) is -2.14. The molecule has 64 valence electrons. The van der Waals surface area contributed by atoms with E-state index in [1.165, 1.54) is 0 Å². The van der Waals surface area contributed by atoms with E-state index in [1.807, 2.05) is 0 Å². The van der Waals surface area contributed by atoms with Crippen molar-refractivity contribution in [3.05, 3.63) is 0 Å². The summed E-state index contributed by atoms with van der Waals surface area (Å²) in [5.41, 5.74) is 0. The zero-order chi connectivity index (χ0) is 8.85. The normalized spacial score (nSPS) is 12.6. The summed E-state index contributed by atoms with van der Waals surface area (Å²) in [5, 5.41) is 25.1. The number of aliphatic hydroxyl groups is 3. The number of Topliss-reactive ketones (excluding diaryl/α,β-unsaturated/α-hetero) is 2. The fourth-order valence-electron chi connectivity index (χ4n) is 0.481. The Morgan fingerprint density at radius 1 is 1.18 bits per heavy atom. The van der Waals surface area contributed by atoms with Gasteiger partial charge in [-0.25, -0.2) is 0 Å². The number of rotatable bonds is 5. The van der Waals surface area contributed by atoms with Gasteiger partial charge in [-0.1, -0.05) is 0 Å². The SMILES string of the molecule is O=C(CO)C(=O)CC(O)CO. The Labute approximate surface area is 63.3 Å². The molecule has 0 radical (unpaired) electrons. The maximum Gasteiger partial charge on any atom is 0.223 e. The van der Waals surface area contributed by atoms with Crippen molar-refractivity contribution in [1.29, 1.82) is 0 Å². The largest absolute Gasteiger partial charge is 0.394 e. The van der Waals surface area contributed by atoms with Gasteiger partial charge in [-0.15, -0.1) is 0 Å². The van der Waals surface area contributed by atoms with Crippen molar-refractivity contribution >= 4 is 11.6 Å². The van der Waals surface area contributed by atoms with Crippen molar-refractivity contribution in [2.24, 2.45) is 0 Å². The molecule has 0 bridgehead atoms. The number of ketones is 2. The topological polar surface area (TPSA) is 94.8 Å². The minimum absolute atomic E-state index is 0.435. The number of carbonyl (C=O) groups is 2. The van der Waals surface area contributed by atoms with Gasteiger partial charge in [0, 0.05) is 6.42 Å². The number of hydrogen-bond acceptors (Lipinski definition) is 5. The van der Waals surface area contributed by atoms with Crippen molar-refractivity contribution in [3.63, 3.8) is 0 Å². The monoisotopic (exact) mass is 162 g/mol. The Kier molecular flexibility index (Phi) is 4.60. The summed E-state index contributed by atoms with van der Waals surface area (Å²) in [6.45, 7) is -1.42. The molecule has 0 heterocycles. The molecule has 0 saturated heterocycles. The first-order chi connectivity index (χ1) is 5.11. The predicted molar refractivity (Wildman–Crippen MR) is 34.8 cm³/mol. The molecule has 0 aromatic heterocycles. The average molecular weight is 162 g/mol. The van der Waals surface area contributed by atoms with E-state index in [0.29, 0.717) is 0 Å². The molecule has 11 heavy (non-hydrogen) atoms. The van der Waals surface area contributed by atoms with Gasteiger partial charge >= 0.3 is 0 Å². The highest BCUT2D eigenvalue weighted by atomic mass is 16.3. The standard InChI is InChI=1S/C6H10O5/c7-2-4(9)1-5(10)6(11)3-8/h4,7-9H,1-3H2. The van der Waals surface area contributed by atoms with Crippen molar-refractivity contribution in [1.82, 2.24) is 0 Å². The minimum Gasteiger partial charge on any atom is -0.394 e. The molecule has 1 unspecified atom stereocenters. The Bertz CT molecular complexity index is 153. The molecule has 1 atom stereocenters. The molecule has 0 aliphatic rings. The van der Waals surface area contributed by atoms with Crippen LogP contribution in [0.15, 0.2) is 0 Å². The highest BCUT2D eigenvalue weighted by molar-refractivity contribution is 6.37. The highest BCUT2D eigenvalue weighted by Crippen LogP contribution is 1.92. The molecule has 0 saturated carbocycles. The maximum atomic E-state index is 10.6. The van der Waals surface area contributed by atoms with Gasteiger partial charge in [0.2, 0.25) is 11.6 Å². The van der Waals surface area contributed by atoms with E-state index in [1.54, 1.807) is 0 Å². The van der Waals surface area contributed by atoms with Crippen LogP contribution < -0.4 is 0 Å². The Balaban J connectivity index is 3.77. The summed E-state index contributed by atoms with van der Waals surface area (Å²) < 4.78 is 0. The van der Waals surface area contributed by atoms with E-state index >= 15 is 0 Å². The quantitative estimate of drug-likeness (QED) is 0.401. The summed E-state index contributed by atoms with van der Waals surface area (Å²) >= 11 is 0. The zero-order valence-corrected chi connectivity index (χ0v) is 5.86. The molecule has 3 N–H and O–H groups in total. The van der Waals surface area contributed by atoms with Crippen LogP contribution in [0.3, 0.4) is 0 Å². The lowest BCUT2D eigenvalue weighted by atomic mass is 10.1. The lowest BCUT2D eigenvalue weighted by molar-refractivity contribution is -0.139. The first-order valence-electron chi connectivity index (χ1n) is 3.07. The first-order valence-corrected chi connectivity index (χ1v) is 3.07. The number of hydrogen-bond donors (Lipinski definition) is 3. The van der Waals surface area contributed by atoms with E-state index in [2.05, 4.69) is 0 Å². The summed E-state index contributed by atoms with van der Waals surface area (Å²) in [7, 11) is 0. The van der Waals surface area contributed by atoms with Crippen molar-refractivity contribution < 1.29 is 24.9 Å². The van der Waals surface area contributed by atoms with Gasteiger partial charge in [0.1, 0.15) is 6.61 Å². The molecule has 0 aliphatic carbocycles. The van der Waals surface area contributed by atoms with Crippen LogP contribution in [0.5, 0.6) is 0 Å². The van der Waals surface area contributed by atoms with Gasteiger partial charge in [0.15, 0.2) is 0 Å². The number of carbonyl (C=O) groups excluding carboxylic acids is 2. The van der Waals surface area contributed by atoms with Gasteiger partial charge in [-0.05, 0) is 0 Å². The van der Waals surface area contributed by atoms with Gasteiger partial charge < -0.3 is 15.3 Å². The van der Waals surface area contributed by atoms with Crippen LogP contribution in [-0.4, -0.2) is 46.2 Å². The fraction of sp³-hybridized carbons (Fsp3) is 0.667. The van der Waals surface area contributed by atoms with Crippen LogP contribution in [0.1, 0.15) is 6.42 Å². The minimum atomic E-state index is -1.21. The second-order valence-electron chi connectivity index (χ2n) is 2.04. The van der Waals surface area contributed by atoms with E-state index < -0.39 is 37.3 Å². The van der Waals surface area contributed by atoms with Crippen LogP contribution in [-0.2, 0) is 9.59 Å². The molecule has 5 heteroatoms. The molecular formula is C6H10O5. The van der Waals surface area contributed by atoms with Crippen molar-refractivity contribution in [2.45, 2.75) is 12.5 Å². The van der Waals surface area contributed by atoms with Gasteiger partial charge in [-0.3, -0.25) is 9.59 Å². The highest BCUT2D eigenvalue weighted by Gasteiger charge is 2.16. The number of aliphatic hydroxyl groups excluding tert-OH is 3. The first kappa shape index (κ1) is 10.2. The second-order valence-corrected chi connectivity index (χ2v) is 2.04. The van der Waals surface area contributed by atoms with Crippen molar-refractivity contribution in [3.8, 4) is 0 Å². The lowest BCUT2D eigenvalue weighted by Gasteiger charge is -2.02. The average Bonchev–Trinajstić information content (AvgIpc) is 2.02. The third-order valence-corrected chi connectivity index (χ3v) is 1.09. The second kappa shape index (κ2) is 4.95. The van der Waals surface area contributed by atoms with Crippen LogP contribution in [0.4, 0.5) is 0 Å². The fourth-order valence-corrected chi connectivity index (χ4v) is 0.481. The summed E-state index contributed by atoms with van der Waals surface area (Å²) in [6, 6.07) is 0. The van der Waals surface area contributed by atoms with Gasteiger partial charge in [0.05, 0.1) is 12.7 Å². The zero-order valence-electron chi connectivity index (χ0n) is 5.86. The van der Waals surface area contributed by atoms with E-state index in [4.69, 9.17) is 15.3 Å². The molecule has 0 amide bonds. The molecule has 0 fully saturated rings. The smallest absolute Gasteiger partial charge is 0.223 e. The molecular weight excluding hydrogens is 152 g/mol. The molecule has 0 spiro atoms. The van der Waals surface area contributed by atoms with E-state index in [0.717, 1.165) is 0 Å². The summed E-state index contributed by atoms with van der Waals surface area (Å²) in [5.74, 6) is -1.81. The van der Waals surface area contributed by atoms with Gasteiger partial charge in [0.25, 0.3) is 0 Å². The maximum absolute atomic E-state index is 10.6. The molecule has 0 rings (SSSR count). The molecule has 0 aliphatic heterocycles. The summed E-state index contributed by atoms with van der Waals surface area (Å²) in [4.78, 5) is 20.9. The Morgan fingerprint density at radius 3 is 2.09 bits per heavy atom. The Hall–Kier alpha value is -0.780. The van der Waals surface area contributed by atoms with E-state index in [9.17, 15) is 9.59 Å².